The molecule has 0 spiro atoms. The lowest BCUT2D eigenvalue weighted by Crippen LogP contribution is -2.50. The average molecular weight is 360 g/mol. The second-order valence-electron chi connectivity index (χ2n) is 7.61. The summed E-state index contributed by atoms with van der Waals surface area (Å²) in [5, 5.41) is 3.01. The number of amides is 1. The molecule has 2 heterocycles. The predicted octanol–water partition coefficient (Wildman–Crippen LogP) is 2.13. The fraction of sp³-hybridized carbons (Fsp3) is 0.667. The number of carbonyl (C=O) groups excluding carboxylic acids is 1. The van der Waals surface area contributed by atoms with Crippen LogP contribution in [-0.2, 0) is 16.1 Å². The third-order valence-electron chi connectivity index (χ3n) is 5.75. The molecule has 1 N–H and O–H groups in total. The van der Waals surface area contributed by atoms with E-state index in [2.05, 4.69) is 45.4 Å². The minimum absolute atomic E-state index is 0.142. The molecule has 1 amide bonds. The summed E-state index contributed by atoms with van der Waals surface area (Å²) < 4.78 is 5.02. The van der Waals surface area contributed by atoms with E-state index in [0.717, 1.165) is 45.6 Å². The largest absolute Gasteiger partial charge is 0.383 e. The van der Waals surface area contributed by atoms with Gasteiger partial charge in [0.15, 0.2) is 0 Å². The Morgan fingerprint density at radius 1 is 1.15 bits per heavy atom. The van der Waals surface area contributed by atoms with Gasteiger partial charge in [-0.2, -0.15) is 0 Å². The lowest BCUT2D eigenvalue weighted by Gasteiger charge is -2.42. The van der Waals surface area contributed by atoms with E-state index in [1.165, 1.54) is 18.4 Å². The van der Waals surface area contributed by atoms with Crippen molar-refractivity contribution in [2.24, 2.45) is 5.92 Å². The SMILES string of the molecule is COCCNC(=O)[C@H]1CCCN(C2CCN(Cc3ccccc3)CC2)C1. The molecule has 5 heteroatoms. The summed E-state index contributed by atoms with van der Waals surface area (Å²) in [7, 11) is 1.67. The molecule has 144 valence electrons. The Bertz CT molecular complexity index is 543. The van der Waals surface area contributed by atoms with Crippen LogP contribution in [0.1, 0.15) is 31.2 Å². The number of methoxy groups -OCH3 is 1. The van der Waals surface area contributed by atoms with Crippen molar-refractivity contribution in [1.29, 1.82) is 0 Å². The van der Waals surface area contributed by atoms with Crippen LogP contribution in [0.3, 0.4) is 0 Å². The number of ether oxygens (including phenoxy) is 1. The van der Waals surface area contributed by atoms with Gasteiger partial charge in [0.05, 0.1) is 12.5 Å². The number of hydrogen-bond donors (Lipinski definition) is 1. The zero-order valence-corrected chi connectivity index (χ0v) is 16.0. The molecule has 2 saturated heterocycles. The number of nitrogens with zero attached hydrogens (tertiary/aromatic N) is 2. The first-order valence-electron chi connectivity index (χ1n) is 10.0. The summed E-state index contributed by atoms with van der Waals surface area (Å²) in [5.41, 5.74) is 1.40. The van der Waals surface area contributed by atoms with Crippen molar-refractivity contribution in [2.75, 3.05) is 46.4 Å². The molecular formula is C21H33N3O2. The molecule has 26 heavy (non-hydrogen) atoms. The first-order valence-corrected chi connectivity index (χ1v) is 10.0. The Morgan fingerprint density at radius 2 is 1.92 bits per heavy atom. The van der Waals surface area contributed by atoms with Crippen LogP contribution < -0.4 is 5.32 Å². The summed E-state index contributed by atoms with van der Waals surface area (Å²) in [5.74, 6) is 0.344. The molecule has 5 nitrogen and oxygen atoms in total. The molecule has 0 radical (unpaired) electrons. The number of benzene rings is 1. The van der Waals surface area contributed by atoms with Gasteiger partial charge in [0.25, 0.3) is 0 Å². The first kappa shape index (κ1) is 19.3. The van der Waals surface area contributed by atoms with E-state index in [1.54, 1.807) is 7.11 Å². The lowest BCUT2D eigenvalue weighted by molar-refractivity contribution is -0.127. The molecule has 1 aromatic carbocycles. The highest BCUT2D eigenvalue weighted by Gasteiger charge is 2.31. The first-order chi connectivity index (χ1) is 12.8. The number of piperidine rings is 2. The highest BCUT2D eigenvalue weighted by molar-refractivity contribution is 5.78. The van der Waals surface area contributed by atoms with Gasteiger partial charge in [-0.25, -0.2) is 0 Å². The highest BCUT2D eigenvalue weighted by atomic mass is 16.5. The van der Waals surface area contributed by atoms with Crippen LogP contribution in [0.4, 0.5) is 0 Å². The topological polar surface area (TPSA) is 44.8 Å². The molecule has 0 saturated carbocycles. The van der Waals surface area contributed by atoms with Crippen LogP contribution in [0.25, 0.3) is 0 Å². The molecule has 3 rings (SSSR count). The third-order valence-corrected chi connectivity index (χ3v) is 5.75. The third kappa shape index (κ3) is 5.53. The number of hydrogen-bond acceptors (Lipinski definition) is 4. The maximum absolute atomic E-state index is 12.4. The Morgan fingerprint density at radius 3 is 2.65 bits per heavy atom. The minimum atomic E-state index is 0.142. The molecule has 1 atom stereocenters. The molecule has 2 fully saturated rings. The van der Waals surface area contributed by atoms with E-state index in [1.807, 2.05) is 0 Å². The second-order valence-corrected chi connectivity index (χ2v) is 7.61. The Labute approximate surface area is 157 Å². The van der Waals surface area contributed by atoms with Crippen LogP contribution in [0.2, 0.25) is 0 Å². The van der Waals surface area contributed by atoms with Gasteiger partial charge in [-0.1, -0.05) is 30.3 Å². The van der Waals surface area contributed by atoms with E-state index in [4.69, 9.17) is 4.74 Å². The van der Waals surface area contributed by atoms with Crippen molar-refractivity contribution < 1.29 is 9.53 Å². The zero-order valence-electron chi connectivity index (χ0n) is 16.0. The fourth-order valence-corrected chi connectivity index (χ4v) is 4.26. The number of rotatable bonds is 7. The smallest absolute Gasteiger partial charge is 0.224 e. The fourth-order valence-electron chi connectivity index (χ4n) is 4.26. The summed E-state index contributed by atoms with van der Waals surface area (Å²) >= 11 is 0. The maximum atomic E-state index is 12.4. The van der Waals surface area contributed by atoms with Crippen LogP contribution in [0.5, 0.6) is 0 Å². The van der Waals surface area contributed by atoms with E-state index < -0.39 is 0 Å². The van der Waals surface area contributed by atoms with Crippen molar-refractivity contribution >= 4 is 5.91 Å². The zero-order chi connectivity index (χ0) is 18.2. The predicted molar refractivity (Wildman–Crippen MR) is 104 cm³/mol. The Hall–Kier alpha value is -1.43. The van der Waals surface area contributed by atoms with Crippen molar-refractivity contribution in [3.8, 4) is 0 Å². The summed E-state index contributed by atoms with van der Waals surface area (Å²) in [4.78, 5) is 17.5. The maximum Gasteiger partial charge on any atom is 0.224 e. The van der Waals surface area contributed by atoms with Crippen LogP contribution >= 0.6 is 0 Å². The number of nitrogens with one attached hydrogen (secondary N) is 1. The molecular weight excluding hydrogens is 326 g/mol. The lowest BCUT2D eigenvalue weighted by atomic mass is 9.93. The van der Waals surface area contributed by atoms with Crippen molar-refractivity contribution in [3.63, 3.8) is 0 Å². The van der Waals surface area contributed by atoms with Gasteiger partial charge >= 0.3 is 0 Å². The molecule has 0 unspecified atom stereocenters. The molecule has 2 aliphatic rings. The summed E-state index contributed by atoms with van der Waals surface area (Å²) in [6, 6.07) is 11.4. The molecule has 1 aromatic rings. The van der Waals surface area contributed by atoms with Gasteiger partial charge < -0.3 is 10.1 Å². The van der Waals surface area contributed by atoms with Gasteiger partial charge in [-0.15, -0.1) is 0 Å². The van der Waals surface area contributed by atoms with Gasteiger partial charge in [0.2, 0.25) is 5.91 Å². The number of carbonyl (C=O) groups is 1. The molecule has 2 aliphatic heterocycles. The van der Waals surface area contributed by atoms with Crippen molar-refractivity contribution in [1.82, 2.24) is 15.1 Å². The van der Waals surface area contributed by atoms with Gasteiger partial charge in [0.1, 0.15) is 0 Å². The second kappa shape index (κ2) is 10.0. The average Bonchev–Trinajstić information content (AvgIpc) is 2.69. The normalized spacial score (nSPS) is 23.0. The van der Waals surface area contributed by atoms with Gasteiger partial charge in [-0.3, -0.25) is 14.6 Å². The Balaban J connectivity index is 1.43. The summed E-state index contributed by atoms with van der Waals surface area (Å²) in [6.07, 6.45) is 4.57. The monoisotopic (exact) mass is 359 g/mol. The van der Waals surface area contributed by atoms with Crippen molar-refractivity contribution in [3.05, 3.63) is 35.9 Å². The summed E-state index contributed by atoms with van der Waals surface area (Å²) in [6.45, 7) is 6.62. The minimum Gasteiger partial charge on any atom is -0.383 e. The van der Waals surface area contributed by atoms with E-state index in [0.29, 0.717) is 19.2 Å². The van der Waals surface area contributed by atoms with E-state index in [-0.39, 0.29) is 11.8 Å². The quantitative estimate of drug-likeness (QED) is 0.758. The number of likely N-dealkylation sites (tertiary alicyclic amines) is 2. The standard InChI is InChI=1S/C21H33N3O2/c1-26-15-11-22-21(25)19-8-5-12-24(17-19)20-9-13-23(14-10-20)16-18-6-3-2-4-7-18/h2-4,6-7,19-20H,5,8-17H2,1H3,(H,22,25)/t19-/m0/s1. The Kier molecular flexibility index (Phi) is 7.47. The highest BCUT2D eigenvalue weighted by Crippen LogP contribution is 2.24. The van der Waals surface area contributed by atoms with Crippen LogP contribution in [0, 0.1) is 5.92 Å². The van der Waals surface area contributed by atoms with E-state index >= 15 is 0 Å². The van der Waals surface area contributed by atoms with Gasteiger partial charge in [0, 0.05) is 32.8 Å². The van der Waals surface area contributed by atoms with Gasteiger partial charge in [-0.05, 0) is 50.9 Å². The molecule has 0 aromatic heterocycles. The molecule has 0 bridgehead atoms. The van der Waals surface area contributed by atoms with E-state index in [9.17, 15) is 4.79 Å². The van der Waals surface area contributed by atoms with Crippen molar-refractivity contribution in [2.45, 2.75) is 38.3 Å². The van der Waals surface area contributed by atoms with Crippen LogP contribution in [-0.4, -0.2) is 68.2 Å². The van der Waals surface area contributed by atoms with Crippen LogP contribution in [0.15, 0.2) is 30.3 Å². The molecule has 0 aliphatic carbocycles.